The predicted octanol–water partition coefficient (Wildman–Crippen LogP) is 2.72. The van der Waals surface area contributed by atoms with E-state index in [9.17, 15) is 24.5 Å². The molecule has 0 bridgehead atoms. The molecule has 9 nitrogen and oxygen atoms in total. The smallest absolute Gasteiger partial charge is 0.338 e. The van der Waals surface area contributed by atoms with Gasteiger partial charge in [-0.1, -0.05) is 12.8 Å². The Morgan fingerprint density at radius 2 is 1.72 bits per heavy atom. The highest BCUT2D eigenvalue weighted by Crippen LogP contribution is 2.35. The number of ether oxygens (including phenoxy) is 2. The van der Waals surface area contributed by atoms with Crippen molar-refractivity contribution in [1.82, 2.24) is 4.90 Å². The number of methoxy groups -OCH3 is 1. The lowest BCUT2D eigenvalue weighted by atomic mass is 9.78. The Balaban J connectivity index is 1.68. The fourth-order valence-electron chi connectivity index (χ4n) is 4.30. The molecule has 1 heterocycles. The maximum absolute atomic E-state index is 12.7. The van der Waals surface area contributed by atoms with Gasteiger partial charge in [-0.15, -0.1) is 0 Å². The van der Waals surface area contributed by atoms with Crippen LogP contribution < -0.4 is 0 Å². The quantitative estimate of drug-likeness (QED) is 0.421. The summed E-state index contributed by atoms with van der Waals surface area (Å²) in [4.78, 5) is 48.9. The van der Waals surface area contributed by atoms with Crippen LogP contribution in [0.2, 0.25) is 0 Å². The number of hydrogen-bond acceptors (Lipinski definition) is 7. The first kappa shape index (κ1) is 20.8. The van der Waals surface area contributed by atoms with Crippen molar-refractivity contribution in [3.63, 3.8) is 0 Å². The molecule has 156 valence electrons. The molecule has 0 radical (unpaired) electrons. The molecule has 9 heteroatoms. The minimum absolute atomic E-state index is 0.138. The number of amides is 1. The molecular formula is C20H24N2O7. The van der Waals surface area contributed by atoms with Crippen LogP contribution in [0.5, 0.6) is 0 Å². The summed E-state index contributed by atoms with van der Waals surface area (Å²) in [6, 6.07) is 3.39. The van der Waals surface area contributed by atoms with Gasteiger partial charge in [0.2, 0.25) is 0 Å². The fraction of sp³-hybridized carbons (Fsp3) is 0.550. The van der Waals surface area contributed by atoms with Gasteiger partial charge in [0.15, 0.2) is 6.61 Å². The molecule has 2 aliphatic rings. The van der Waals surface area contributed by atoms with Crippen LogP contribution in [0.1, 0.15) is 59.2 Å². The summed E-state index contributed by atoms with van der Waals surface area (Å²) < 4.78 is 9.68. The highest BCUT2D eigenvalue weighted by atomic mass is 16.6. The lowest BCUT2D eigenvalue weighted by molar-refractivity contribution is -0.384. The standard InChI is InChI=1S/C20H24N2O7/c1-28-19(24)14-9-15(11-16(10-14)22(26)27)20(25)29-12-18(23)21-8-4-6-13-5-2-3-7-17(13)21/h9-11,13,17H,2-8,12H2,1H3/t13-,17+/m0/s1. The molecule has 0 unspecified atom stereocenters. The van der Waals surface area contributed by atoms with Crippen LogP contribution in [0.25, 0.3) is 0 Å². The minimum Gasteiger partial charge on any atom is -0.465 e. The number of nitro benzene ring substituents is 1. The van der Waals surface area contributed by atoms with Crippen molar-refractivity contribution in [2.24, 2.45) is 5.92 Å². The number of fused-ring (bicyclic) bond motifs is 1. The van der Waals surface area contributed by atoms with Gasteiger partial charge >= 0.3 is 11.9 Å². The predicted molar refractivity (Wildman–Crippen MR) is 101 cm³/mol. The van der Waals surface area contributed by atoms with E-state index in [-0.39, 0.29) is 23.1 Å². The number of nitrogens with zero attached hydrogens (tertiary/aromatic N) is 2. The van der Waals surface area contributed by atoms with Crippen LogP contribution in [0, 0.1) is 16.0 Å². The number of carbonyl (C=O) groups is 3. The van der Waals surface area contributed by atoms with Gasteiger partial charge in [0.05, 0.1) is 23.2 Å². The maximum atomic E-state index is 12.7. The van der Waals surface area contributed by atoms with E-state index in [2.05, 4.69) is 4.74 Å². The summed E-state index contributed by atoms with van der Waals surface area (Å²) in [5, 5.41) is 11.1. The SMILES string of the molecule is COC(=O)c1cc(C(=O)OCC(=O)N2CCC[C@@H]3CCCC[C@H]32)cc([N+](=O)[O-])c1. The van der Waals surface area contributed by atoms with Gasteiger partial charge in [-0.05, 0) is 37.7 Å². The average Bonchev–Trinajstić information content (AvgIpc) is 2.75. The van der Waals surface area contributed by atoms with E-state index in [4.69, 9.17) is 4.74 Å². The first-order valence-corrected chi connectivity index (χ1v) is 9.75. The second-order valence-electron chi connectivity index (χ2n) is 7.43. The monoisotopic (exact) mass is 404 g/mol. The molecule has 1 aliphatic heterocycles. The van der Waals surface area contributed by atoms with Gasteiger partial charge < -0.3 is 14.4 Å². The van der Waals surface area contributed by atoms with Gasteiger partial charge in [0, 0.05) is 24.7 Å². The number of piperidine rings is 1. The molecule has 1 saturated carbocycles. The topological polar surface area (TPSA) is 116 Å². The zero-order valence-corrected chi connectivity index (χ0v) is 16.3. The summed E-state index contributed by atoms with van der Waals surface area (Å²) >= 11 is 0. The maximum Gasteiger partial charge on any atom is 0.338 e. The third-order valence-electron chi connectivity index (χ3n) is 5.68. The summed E-state index contributed by atoms with van der Waals surface area (Å²) in [7, 11) is 1.13. The molecule has 1 aromatic rings. The highest BCUT2D eigenvalue weighted by Gasteiger charge is 2.35. The Bertz CT molecular complexity index is 821. The lowest BCUT2D eigenvalue weighted by Gasteiger charge is -2.44. The number of benzene rings is 1. The third kappa shape index (κ3) is 4.72. The molecule has 0 aromatic heterocycles. The largest absolute Gasteiger partial charge is 0.465 e. The Labute approximate surface area is 168 Å². The normalized spacial score (nSPS) is 21.1. The number of esters is 2. The number of non-ortho nitro benzene ring substituents is 1. The molecule has 0 spiro atoms. The van der Waals surface area contributed by atoms with Gasteiger partial charge in [-0.25, -0.2) is 9.59 Å². The second kappa shape index (κ2) is 9.02. The molecule has 3 rings (SSSR count). The molecule has 2 atom stereocenters. The summed E-state index contributed by atoms with van der Waals surface area (Å²) in [5.74, 6) is -1.45. The molecule has 0 N–H and O–H groups in total. The van der Waals surface area contributed by atoms with E-state index in [0.717, 1.165) is 57.4 Å². The van der Waals surface area contributed by atoms with E-state index >= 15 is 0 Å². The summed E-state index contributed by atoms with van der Waals surface area (Å²) in [5.41, 5.74) is -0.755. The third-order valence-corrected chi connectivity index (χ3v) is 5.68. The first-order chi connectivity index (χ1) is 13.9. The summed E-state index contributed by atoms with van der Waals surface area (Å²) in [6.07, 6.45) is 6.44. The first-order valence-electron chi connectivity index (χ1n) is 9.75. The van der Waals surface area contributed by atoms with Gasteiger partial charge in [-0.3, -0.25) is 14.9 Å². The molecule has 1 amide bonds. The van der Waals surface area contributed by atoms with E-state index in [1.54, 1.807) is 0 Å². The van der Waals surface area contributed by atoms with Crippen molar-refractivity contribution < 1.29 is 28.8 Å². The van der Waals surface area contributed by atoms with Crippen LogP contribution >= 0.6 is 0 Å². The van der Waals surface area contributed by atoms with Gasteiger partial charge in [0.25, 0.3) is 11.6 Å². The second-order valence-corrected chi connectivity index (χ2v) is 7.43. The lowest BCUT2D eigenvalue weighted by Crippen LogP contribution is -2.50. The molecule has 1 aliphatic carbocycles. The Hall–Kier alpha value is -2.97. The highest BCUT2D eigenvalue weighted by molar-refractivity contribution is 5.97. The number of likely N-dealkylation sites (tertiary alicyclic amines) is 1. The molecular weight excluding hydrogens is 380 g/mol. The fourth-order valence-corrected chi connectivity index (χ4v) is 4.30. The number of carbonyl (C=O) groups excluding carboxylic acids is 3. The van der Waals surface area contributed by atoms with Gasteiger partial charge in [0.1, 0.15) is 0 Å². The van der Waals surface area contributed by atoms with Crippen LogP contribution in [0.4, 0.5) is 5.69 Å². The zero-order chi connectivity index (χ0) is 21.0. The van der Waals surface area contributed by atoms with E-state index in [1.807, 2.05) is 4.90 Å². The van der Waals surface area contributed by atoms with Crippen molar-refractivity contribution >= 4 is 23.5 Å². The van der Waals surface area contributed by atoms with Crippen LogP contribution in [-0.2, 0) is 14.3 Å². The number of nitro groups is 1. The molecule has 2 fully saturated rings. The number of hydrogen-bond donors (Lipinski definition) is 0. The zero-order valence-electron chi connectivity index (χ0n) is 16.3. The minimum atomic E-state index is -0.899. The van der Waals surface area contributed by atoms with Crippen LogP contribution in [0.15, 0.2) is 18.2 Å². The van der Waals surface area contributed by atoms with Crippen molar-refractivity contribution in [3.8, 4) is 0 Å². The molecule has 1 saturated heterocycles. The van der Waals surface area contributed by atoms with Crippen LogP contribution in [0.3, 0.4) is 0 Å². The van der Waals surface area contributed by atoms with Crippen molar-refractivity contribution in [1.29, 1.82) is 0 Å². The Morgan fingerprint density at radius 1 is 1.07 bits per heavy atom. The van der Waals surface area contributed by atoms with E-state index < -0.39 is 29.2 Å². The van der Waals surface area contributed by atoms with E-state index in [1.165, 1.54) is 6.42 Å². The number of rotatable bonds is 5. The van der Waals surface area contributed by atoms with E-state index in [0.29, 0.717) is 12.5 Å². The van der Waals surface area contributed by atoms with Crippen LogP contribution in [-0.4, -0.2) is 54.0 Å². The van der Waals surface area contributed by atoms with Crippen molar-refractivity contribution in [3.05, 3.63) is 39.4 Å². The molecule has 1 aromatic carbocycles. The molecule has 29 heavy (non-hydrogen) atoms. The van der Waals surface area contributed by atoms with Crippen molar-refractivity contribution in [2.45, 2.75) is 44.6 Å². The van der Waals surface area contributed by atoms with Gasteiger partial charge in [-0.2, -0.15) is 0 Å². The Kier molecular flexibility index (Phi) is 6.46. The Morgan fingerprint density at radius 3 is 2.41 bits per heavy atom. The summed E-state index contributed by atoms with van der Waals surface area (Å²) in [6.45, 7) is 0.221. The van der Waals surface area contributed by atoms with Crippen molar-refractivity contribution in [2.75, 3.05) is 20.3 Å². The average molecular weight is 404 g/mol.